The van der Waals surface area contributed by atoms with E-state index < -0.39 is 17.9 Å². The van der Waals surface area contributed by atoms with E-state index in [1.165, 1.54) is 0 Å². The molecule has 0 fully saturated rings. The van der Waals surface area contributed by atoms with Crippen molar-refractivity contribution in [2.45, 2.75) is 19.6 Å². The predicted octanol–water partition coefficient (Wildman–Crippen LogP) is 3.49. The van der Waals surface area contributed by atoms with Gasteiger partial charge in [-0.3, -0.25) is 20.4 Å². The standard InChI is InChI=1S/C23H22N2O4/c1-17(29-21-10-6-3-7-11-21)22(26)24-25-23(27)19-12-14-20(15-13-19)28-16-18-8-4-2-5-9-18/h2-15,17H,16H2,1H3,(H,24,26)(H,25,27). The van der Waals surface area contributed by atoms with Crippen molar-refractivity contribution < 1.29 is 19.1 Å². The Kier molecular flexibility index (Phi) is 6.84. The molecule has 0 aliphatic carbocycles. The topological polar surface area (TPSA) is 76.7 Å². The zero-order chi connectivity index (χ0) is 20.5. The molecule has 0 heterocycles. The quantitative estimate of drug-likeness (QED) is 0.606. The normalized spacial score (nSPS) is 11.2. The highest BCUT2D eigenvalue weighted by Crippen LogP contribution is 2.14. The van der Waals surface area contributed by atoms with E-state index in [-0.39, 0.29) is 0 Å². The summed E-state index contributed by atoms with van der Waals surface area (Å²) in [6.45, 7) is 2.05. The first kappa shape index (κ1) is 19.9. The minimum absolute atomic E-state index is 0.397. The van der Waals surface area contributed by atoms with Crippen LogP contribution in [0.25, 0.3) is 0 Å². The Morgan fingerprint density at radius 3 is 2.07 bits per heavy atom. The van der Waals surface area contributed by atoms with E-state index in [2.05, 4.69) is 10.9 Å². The Morgan fingerprint density at radius 2 is 1.41 bits per heavy atom. The van der Waals surface area contributed by atoms with Crippen LogP contribution in [0.1, 0.15) is 22.8 Å². The van der Waals surface area contributed by atoms with Gasteiger partial charge in [0.05, 0.1) is 0 Å². The van der Waals surface area contributed by atoms with Crippen molar-refractivity contribution in [3.05, 3.63) is 96.1 Å². The van der Waals surface area contributed by atoms with Crippen LogP contribution in [0.3, 0.4) is 0 Å². The average Bonchev–Trinajstić information content (AvgIpc) is 2.77. The monoisotopic (exact) mass is 390 g/mol. The Labute approximate surface area is 169 Å². The summed E-state index contributed by atoms with van der Waals surface area (Å²) in [6, 6.07) is 25.5. The number of amides is 2. The van der Waals surface area contributed by atoms with Crippen LogP contribution in [0.15, 0.2) is 84.9 Å². The molecule has 2 N–H and O–H groups in total. The molecule has 0 saturated heterocycles. The number of nitrogens with one attached hydrogen (secondary N) is 2. The van der Waals surface area contributed by atoms with Crippen LogP contribution in [-0.2, 0) is 11.4 Å². The molecule has 3 rings (SSSR count). The van der Waals surface area contributed by atoms with E-state index in [0.29, 0.717) is 23.7 Å². The van der Waals surface area contributed by atoms with Crippen molar-refractivity contribution in [2.75, 3.05) is 0 Å². The highest BCUT2D eigenvalue weighted by molar-refractivity contribution is 5.95. The molecule has 3 aromatic carbocycles. The third-order valence-corrected chi connectivity index (χ3v) is 4.09. The van der Waals surface area contributed by atoms with Gasteiger partial charge in [-0.15, -0.1) is 0 Å². The van der Waals surface area contributed by atoms with Gasteiger partial charge in [0, 0.05) is 5.56 Å². The Morgan fingerprint density at radius 1 is 0.793 bits per heavy atom. The largest absolute Gasteiger partial charge is 0.489 e. The van der Waals surface area contributed by atoms with Gasteiger partial charge in [-0.25, -0.2) is 0 Å². The van der Waals surface area contributed by atoms with E-state index in [1.54, 1.807) is 43.3 Å². The van der Waals surface area contributed by atoms with E-state index in [0.717, 1.165) is 5.56 Å². The molecule has 0 aromatic heterocycles. The minimum Gasteiger partial charge on any atom is -0.489 e. The van der Waals surface area contributed by atoms with Gasteiger partial charge < -0.3 is 9.47 Å². The number of carbonyl (C=O) groups excluding carboxylic acids is 2. The zero-order valence-corrected chi connectivity index (χ0v) is 16.0. The fourth-order valence-corrected chi connectivity index (χ4v) is 2.49. The van der Waals surface area contributed by atoms with Crippen LogP contribution in [0.5, 0.6) is 11.5 Å². The number of hydrogen-bond acceptors (Lipinski definition) is 4. The Hall–Kier alpha value is -3.80. The third-order valence-electron chi connectivity index (χ3n) is 4.09. The van der Waals surface area contributed by atoms with Gasteiger partial charge in [-0.2, -0.15) is 0 Å². The number of benzene rings is 3. The van der Waals surface area contributed by atoms with E-state index in [4.69, 9.17) is 9.47 Å². The molecule has 148 valence electrons. The molecule has 0 aliphatic rings. The third kappa shape index (κ3) is 6.10. The summed E-state index contributed by atoms with van der Waals surface area (Å²) >= 11 is 0. The van der Waals surface area contributed by atoms with Crippen molar-refractivity contribution >= 4 is 11.8 Å². The van der Waals surface area contributed by atoms with Crippen molar-refractivity contribution in [2.24, 2.45) is 0 Å². The second kappa shape index (κ2) is 9.94. The van der Waals surface area contributed by atoms with Crippen LogP contribution >= 0.6 is 0 Å². The second-order valence-electron chi connectivity index (χ2n) is 6.32. The summed E-state index contributed by atoms with van der Waals surface area (Å²) in [5, 5.41) is 0. The highest BCUT2D eigenvalue weighted by Gasteiger charge is 2.15. The molecular weight excluding hydrogens is 368 g/mol. The van der Waals surface area contributed by atoms with Gasteiger partial charge in [-0.05, 0) is 48.9 Å². The van der Waals surface area contributed by atoms with Gasteiger partial charge in [0.2, 0.25) is 0 Å². The summed E-state index contributed by atoms with van der Waals surface area (Å²) in [6.07, 6.45) is -0.758. The molecule has 6 heteroatoms. The molecular formula is C23H22N2O4. The van der Waals surface area contributed by atoms with Gasteiger partial charge in [-0.1, -0.05) is 48.5 Å². The molecule has 1 atom stereocenters. The fourth-order valence-electron chi connectivity index (χ4n) is 2.49. The van der Waals surface area contributed by atoms with E-state index in [1.807, 2.05) is 48.5 Å². The summed E-state index contributed by atoms with van der Waals surface area (Å²) < 4.78 is 11.2. The van der Waals surface area contributed by atoms with Crippen LogP contribution in [0.2, 0.25) is 0 Å². The summed E-state index contributed by atoms with van der Waals surface area (Å²) in [5.41, 5.74) is 6.21. The zero-order valence-electron chi connectivity index (χ0n) is 16.0. The lowest BCUT2D eigenvalue weighted by Crippen LogP contribution is -2.47. The number of rotatable bonds is 7. The van der Waals surface area contributed by atoms with Gasteiger partial charge in [0.1, 0.15) is 18.1 Å². The lowest BCUT2D eigenvalue weighted by atomic mass is 10.2. The van der Waals surface area contributed by atoms with Gasteiger partial charge in [0.15, 0.2) is 6.10 Å². The molecule has 0 aliphatic heterocycles. The van der Waals surface area contributed by atoms with Crippen LogP contribution in [0, 0.1) is 0 Å². The second-order valence-corrected chi connectivity index (χ2v) is 6.32. The van der Waals surface area contributed by atoms with Gasteiger partial charge in [0.25, 0.3) is 11.8 Å². The molecule has 6 nitrogen and oxygen atoms in total. The molecule has 0 saturated carbocycles. The number of hydrazine groups is 1. The first-order valence-electron chi connectivity index (χ1n) is 9.20. The molecule has 0 bridgehead atoms. The van der Waals surface area contributed by atoms with Crippen molar-refractivity contribution in [3.8, 4) is 11.5 Å². The maximum Gasteiger partial charge on any atom is 0.279 e. The molecule has 1 unspecified atom stereocenters. The first-order valence-corrected chi connectivity index (χ1v) is 9.20. The molecule has 0 radical (unpaired) electrons. The predicted molar refractivity (Wildman–Crippen MR) is 109 cm³/mol. The molecule has 0 spiro atoms. The fraction of sp³-hybridized carbons (Fsp3) is 0.130. The Bertz CT molecular complexity index is 928. The summed E-state index contributed by atoms with van der Waals surface area (Å²) in [5.74, 6) is 0.344. The van der Waals surface area contributed by atoms with Crippen molar-refractivity contribution in [3.63, 3.8) is 0 Å². The number of hydrogen-bond donors (Lipinski definition) is 2. The van der Waals surface area contributed by atoms with Crippen LogP contribution in [0.4, 0.5) is 0 Å². The first-order chi connectivity index (χ1) is 14.1. The number of ether oxygens (including phenoxy) is 2. The lowest BCUT2D eigenvalue weighted by Gasteiger charge is -2.15. The summed E-state index contributed by atoms with van der Waals surface area (Å²) in [7, 11) is 0. The molecule has 2 amide bonds. The maximum atomic E-state index is 12.2. The molecule has 3 aromatic rings. The van der Waals surface area contributed by atoms with E-state index in [9.17, 15) is 9.59 Å². The average molecular weight is 390 g/mol. The van der Waals surface area contributed by atoms with Crippen molar-refractivity contribution in [1.29, 1.82) is 0 Å². The lowest BCUT2D eigenvalue weighted by molar-refractivity contribution is -0.128. The number of carbonyl (C=O) groups is 2. The summed E-state index contributed by atoms with van der Waals surface area (Å²) in [4.78, 5) is 24.3. The number of para-hydroxylation sites is 1. The van der Waals surface area contributed by atoms with Gasteiger partial charge >= 0.3 is 0 Å². The van der Waals surface area contributed by atoms with Crippen LogP contribution in [-0.4, -0.2) is 17.9 Å². The SMILES string of the molecule is CC(Oc1ccccc1)C(=O)NNC(=O)c1ccc(OCc2ccccc2)cc1. The van der Waals surface area contributed by atoms with Crippen LogP contribution < -0.4 is 20.3 Å². The smallest absolute Gasteiger partial charge is 0.279 e. The Balaban J connectivity index is 1.45. The van der Waals surface area contributed by atoms with E-state index >= 15 is 0 Å². The maximum absolute atomic E-state index is 12.2. The van der Waals surface area contributed by atoms with Crippen molar-refractivity contribution in [1.82, 2.24) is 10.9 Å². The molecule has 29 heavy (non-hydrogen) atoms. The minimum atomic E-state index is -0.758. The highest BCUT2D eigenvalue weighted by atomic mass is 16.5.